The molecule has 0 spiro atoms. The zero-order chi connectivity index (χ0) is 63.9. The number of carbonyl (C=O) groups is 6. The molecule has 0 radical (unpaired) electrons. The Hall–Kier alpha value is -0.490. The van der Waals surface area contributed by atoms with Gasteiger partial charge in [-0.3, -0.25) is 28.9 Å². The molecule has 0 aromatic heterocycles. The summed E-state index contributed by atoms with van der Waals surface area (Å²) in [5.41, 5.74) is 0. The van der Waals surface area contributed by atoms with Crippen molar-refractivity contribution < 1.29 is 57.9 Å². The molecule has 3 atom stereocenters. The van der Waals surface area contributed by atoms with Crippen LogP contribution in [0.15, 0.2) is 0 Å². The Labute approximate surface area is 577 Å². The number of rotatable bonds is 36. The number of Topliss-reactive ketones (excluding diaryl/α,β-unsaturated/α-hetero) is 2. The second-order valence-electron chi connectivity index (χ2n) is 16.3. The fourth-order valence-electron chi connectivity index (χ4n) is 7.04. The van der Waals surface area contributed by atoms with E-state index in [9.17, 15) is 39.0 Å². The number of likely N-dealkylation sites (N-methyl/N-ethyl adjacent to an activating group) is 1. The molecule has 0 aromatic rings. The summed E-state index contributed by atoms with van der Waals surface area (Å²) in [6, 6.07) is -3.10. The summed E-state index contributed by atoms with van der Waals surface area (Å²) in [4.78, 5) is 90.5. The first-order chi connectivity index (χ1) is 39.3. The molecule has 0 aliphatic carbocycles. The molecule has 2 N–H and O–H groups in total. The van der Waals surface area contributed by atoms with Gasteiger partial charge < -0.3 is 58.6 Å². The quantitative estimate of drug-likeness (QED) is 0.0193. The standard InChI is InChI=1S/C32H51N5O8S12.C15H24N2O4S5/c1-3-33(8-10-44-30(42)12-21(23(40)14-38)34(25(51)16-46)4-6-36(26(52)17-47)27(53)18-48)9-11-45-31(43)13-22(24(41)15-39)35(32(56)57-2)5-7-37(28(54)19-49)29(55)20-50;1-6-21-12(18)9-11(13(19)20-3)17(15(24)26-5)8-7-16(10(2)22)14(23)25-4/h21-22,38-39,46-50H,3-20H2,1-2H3;11H,6-9H2,1-5H3. The van der Waals surface area contributed by atoms with Crippen LogP contribution in [0.4, 0.5) is 0 Å². The molecule has 0 bridgehead atoms. The lowest BCUT2D eigenvalue weighted by atomic mass is 10.1. The fourth-order valence-corrected chi connectivity index (χ4v) is 11.4. The van der Waals surface area contributed by atoms with Crippen molar-refractivity contribution in [3.63, 3.8) is 0 Å². The normalized spacial score (nSPS) is 11.7. The highest BCUT2D eigenvalue weighted by atomic mass is 32.2. The van der Waals surface area contributed by atoms with Crippen LogP contribution >= 0.6 is 208 Å². The van der Waals surface area contributed by atoms with Crippen molar-refractivity contribution in [1.29, 1.82) is 0 Å². The van der Waals surface area contributed by atoms with Crippen molar-refractivity contribution in [2.45, 2.75) is 58.2 Å². The van der Waals surface area contributed by atoms with Crippen LogP contribution in [-0.4, -0.2) is 288 Å². The molecule has 3 unspecified atom stereocenters. The summed E-state index contributed by atoms with van der Waals surface area (Å²) in [6.07, 6.45) is 4.50. The third-order valence-electron chi connectivity index (χ3n) is 11.3. The molecule has 0 heterocycles. The van der Waals surface area contributed by atoms with Crippen LogP contribution < -0.4 is 0 Å². The van der Waals surface area contributed by atoms with Gasteiger partial charge in [0.15, 0.2) is 11.6 Å². The number of aliphatic hydroxyl groups excluding tert-OH is 2. The Bertz CT molecular complexity index is 2100. The average Bonchev–Trinajstić information content (AvgIpc) is 3.56. The first-order valence-corrected chi connectivity index (χ1v) is 35.4. The minimum atomic E-state index is -1.13. The van der Waals surface area contributed by atoms with Crippen molar-refractivity contribution in [2.75, 3.05) is 147 Å². The lowest BCUT2D eigenvalue weighted by Crippen LogP contribution is -2.51. The van der Waals surface area contributed by atoms with Crippen LogP contribution in [0, 0.1) is 0 Å². The predicted octanol–water partition coefficient (Wildman–Crippen LogP) is 4.91. The summed E-state index contributed by atoms with van der Waals surface area (Å²) in [6.45, 7) is 6.50. The van der Waals surface area contributed by atoms with E-state index in [1.165, 1.54) is 47.3 Å². The monoisotopic (exact) mass is 1470 g/mol. The van der Waals surface area contributed by atoms with Crippen molar-refractivity contribution in [2.24, 2.45) is 0 Å². The van der Waals surface area contributed by atoms with Crippen molar-refractivity contribution in [3.8, 4) is 0 Å². The van der Waals surface area contributed by atoms with Gasteiger partial charge in [0.2, 0.25) is 0 Å². The van der Waals surface area contributed by atoms with E-state index < -0.39 is 73.2 Å². The highest BCUT2D eigenvalue weighted by Crippen LogP contribution is 2.19. The smallest absolute Gasteiger partial charge is 0.329 e. The number of aliphatic hydroxyl groups is 2. The van der Waals surface area contributed by atoms with Gasteiger partial charge in [-0.15, -0.1) is 35.3 Å². The lowest BCUT2D eigenvalue weighted by molar-refractivity contribution is -0.153. The second kappa shape index (κ2) is 49.3. The van der Waals surface area contributed by atoms with E-state index in [-0.39, 0.29) is 106 Å². The number of hydrogen-bond acceptors (Lipinski definition) is 30. The molecule has 0 amide bonds. The Morgan fingerprint density at radius 2 is 0.807 bits per heavy atom. The molecule has 0 aliphatic heterocycles. The summed E-state index contributed by atoms with van der Waals surface area (Å²) < 4.78 is 22.2. The number of esters is 4. The van der Waals surface area contributed by atoms with E-state index in [1.807, 2.05) is 24.3 Å². The van der Waals surface area contributed by atoms with E-state index in [4.69, 9.17) is 129 Å². The Morgan fingerprint density at radius 3 is 1.13 bits per heavy atom. The molecule has 0 aromatic carbocycles. The topological polar surface area (TPSA) is 202 Å². The number of thiocarbonyl (C=S) groups is 9. The van der Waals surface area contributed by atoms with Gasteiger partial charge in [-0.05, 0) is 39.2 Å². The molecule has 83 heavy (non-hydrogen) atoms. The number of carbonyl (C=O) groups excluding carboxylic acids is 6. The number of methoxy groups -OCH3 is 1. The Kier molecular flexibility index (Phi) is 50.2. The van der Waals surface area contributed by atoms with Crippen molar-refractivity contribution >= 4 is 287 Å². The van der Waals surface area contributed by atoms with Gasteiger partial charge >= 0.3 is 23.9 Å². The predicted molar refractivity (Wildman–Crippen MR) is 391 cm³/mol. The van der Waals surface area contributed by atoms with Crippen LogP contribution in [0.5, 0.6) is 0 Å². The van der Waals surface area contributed by atoms with Gasteiger partial charge in [-0.2, -0.15) is 63.1 Å². The van der Waals surface area contributed by atoms with Gasteiger partial charge in [0.05, 0.1) is 62.9 Å². The largest absolute Gasteiger partial charge is 0.467 e. The van der Waals surface area contributed by atoms with Gasteiger partial charge in [0.1, 0.15) is 57.5 Å². The summed E-state index contributed by atoms with van der Waals surface area (Å²) in [5, 5.41) is 19.5. The first kappa shape index (κ1) is 84.6. The van der Waals surface area contributed by atoms with Crippen LogP contribution in [-0.2, 0) is 47.7 Å². The maximum Gasteiger partial charge on any atom is 0.329 e. The van der Waals surface area contributed by atoms with Crippen LogP contribution in [0.1, 0.15) is 40.0 Å². The highest BCUT2D eigenvalue weighted by Gasteiger charge is 2.34. The van der Waals surface area contributed by atoms with E-state index in [0.29, 0.717) is 57.5 Å². The van der Waals surface area contributed by atoms with Crippen molar-refractivity contribution in [1.82, 2.24) is 34.3 Å². The minimum absolute atomic E-state index is 0.0403. The van der Waals surface area contributed by atoms with E-state index in [2.05, 4.69) is 63.1 Å². The maximum absolute atomic E-state index is 13.0. The summed E-state index contributed by atoms with van der Waals surface area (Å²) >= 11 is 73.7. The molecule has 472 valence electrons. The van der Waals surface area contributed by atoms with Gasteiger partial charge in [0, 0.05) is 81.1 Å². The first-order valence-electron chi connectivity index (χ1n) is 24.9. The number of nitrogens with zero attached hydrogens (tertiary/aromatic N) is 7. The Balaban J connectivity index is 0. The SMILES string of the molecule is CCN(CCOC(=O)CC(C(=O)CO)N(CCN(C(=S)CS)C(=S)CS)C(=S)CS)CCOC(=O)CC(C(=O)CO)N(CCN(C(=S)CS)C(=S)CS)C(=S)SC.CCOC(=O)CC(C(=O)OC)N(CCN(C(C)=S)C(=S)SC)C(=S)SC. The van der Waals surface area contributed by atoms with Gasteiger partial charge in [0.25, 0.3) is 0 Å². The number of thiol groups is 5. The third-order valence-corrected chi connectivity index (χ3v) is 19.9. The van der Waals surface area contributed by atoms with Crippen LogP contribution in [0.3, 0.4) is 0 Å². The van der Waals surface area contributed by atoms with E-state index in [1.54, 1.807) is 44.6 Å². The molecular weight excluding hydrogens is 1400 g/mol. The highest BCUT2D eigenvalue weighted by molar-refractivity contribution is 8.23. The number of hydrogen-bond donors (Lipinski definition) is 7. The molecular formula is C47H75N7O12S17. The van der Waals surface area contributed by atoms with E-state index >= 15 is 0 Å². The zero-order valence-electron chi connectivity index (χ0n) is 47.0. The molecule has 0 rings (SSSR count). The van der Waals surface area contributed by atoms with Gasteiger partial charge in [-0.25, -0.2) is 4.79 Å². The fraction of sp³-hybridized carbons (Fsp3) is 0.681. The number of ether oxygens (including phenoxy) is 4. The average molecular weight is 1480 g/mol. The van der Waals surface area contributed by atoms with Gasteiger partial charge in [-0.1, -0.05) is 117 Å². The van der Waals surface area contributed by atoms with Crippen molar-refractivity contribution in [3.05, 3.63) is 0 Å². The zero-order valence-corrected chi connectivity index (χ0v) is 61.3. The minimum Gasteiger partial charge on any atom is -0.467 e. The molecule has 0 saturated carbocycles. The molecule has 0 saturated heterocycles. The van der Waals surface area contributed by atoms with Crippen LogP contribution in [0.25, 0.3) is 0 Å². The molecule has 36 heteroatoms. The van der Waals surface area contributed by atoms with Crippen LogP contribution in [0.2, 0.25) is 0 Å². The molecule has 19 nitrogen and oxygen atoms in total. The maximum atomic E-state index is 13.0. The molecule has 0 aliphatic rings. The second-order valence-corrected chi connectivity index (χ2v) is 25.2. The Morgan fingerprint density at radius 1 is 0.470 bits per heavy atom. The lowest BCUT2D eigenvalue weighted by Gasteiger charge is -2.34. The number of thioether (sulfide) groups is 3. The molecule has 0 fully saturated rings. The number of ketones is 2. The van der Waals surface area contributed by atoms with E-state index in [0.717, 1.165) is 0 Å². The summed E-state index contributed by atoms with van der Waals surface area (Å²) in [7, 11) is 1.27. The summed E-state index contributed by atoms with van der Waals surface area (Å²) in [5.74, 6) is -2.54. The third kappa shape index (κ3) is 32.7.